The fourth-order valence-corrected chi connectivity index (χ4v) is 4.52. The number of aromatic nitrogens is 4. The standard InChI is InChI=1S/C27H26F3N5O/c1-16(20-13-31-26(32-14-20)27(2,29)30)35-25-23-12-19(17-3-5-21(28)6-4-17)11-22(24(23)33-15-34-25)18-7-9-36-10-8-18/h3-6,11-16,18H,7-10H2,1-2H3,(H,33,34,35)/t16-/m1/s1. The highest BCUT2D eigenvalue weighted by molar-refractivity contribution is 5.95. The molecule has 1 N–H and O–H groups in total. The SMILES string of the molecule is C[C@@H](Nc1ncnc2c(C3CCOCC3)cc(-c3ccc(F)cc3)cc12)c1cnc(C(C)(F)F)nc1. The van der Waals surface area contributed by atoms with Gasteiger partial charge in [0.2, 0.25) is 0 Å². The summed E-state index contributed by atoms with van der Waals surface area (Å²) in [5.74, 6) is -3.03. The molecule has 1 saturated heterocycles. The van der Waals surface area contributed by atoms with E-state index in [0.717, 1.165) is 47.4 Å². The number of nitrogens with one attached hydrogen (secondary N) is 1. The summed E-state index contributed by atoms with van der Waals surface area (Å²) in [6, 6.07) is 10.2. The molecule has 2 aromatic carbocycles. The molecule has 3 heterocycles. The molecule has 1 aliphatic heterocycles. The second-order valence-corrected chi connectivity index (χ2v) is 9.17. The first kappa shape index (κ1) is 24.1. The van der Waals surface area contributed by atoms with E-state index in [-0.39, 0.29) is 17.8 Å². The lowest BCUT2D eigenvalue weighted by Gasteiger charge is -2.25. The van der Waals surface area contributed by atoms with Crippen molar-refractivity contribution in [2.24, 2.45) is 0 Å². The summed E-state index contributed by atoms with van der Waals surface area (Å²) < 4.78 is 46.2. The Balaban J connectivity index is 1.56. The number of hydrogen-bond acceptors (Lipinski definition) is 6. The number of halogens is 3. The average Bonchev–Trinajstić information content (AvgIpc) is 2.89. The molecule has 0 aliphatic carbocycles. The molecule has 186 valence electrons. The molecule has 6 nitrogen and oxygen atoms in total. The summed E-state index contributed by atoms with van der Waals surface area (Å²) in [4.78, 5) is 16.8. The van der Waals surface area contributed by atoms with Gasteiger partial charge in [-0.25, -0.2) is 24.3 Å². The lowest BCUT2D eigenvalue weighted by atomic mass is 9.87. The summed E-state index contributed by atoms with van der Waals surface area (Å²) in [6.45, 7) is 4.03. The summed E-state index contributed by atoms with van der Waals surface area (Å²) in [7, 11) is 0. The summed E-state index contributed by atoms with van der Waals surface area (Å²) in [5.41, 5.74) is 4.42. The first-order valence-electron chi connectivity index (χ1n) is 11.9. The van der Waals surface area contributed by atoms with Crippen molar-refractivity contribution in [3.05, 3.63) is 77.9 Å². The van der Waals surface area contributed by atoms with Gasteiger partial charge in [0.1, 0.15) is 18.0 Å². The first-order valence-corrected chi connectivity index (χ1v) is 11.9. The van der Waals surface area contributed by atoms with Crippen LogP contribution in [0, 0.1) is 5.82 Å². The van der Waals surface area contributed by atoms with Crippen LogP contribution in [0.25, 0.3) is 22.0 Å². The quantitative estimate of drug-likeness (QED) is 0.335. The molecule has 36 heavy (non-hydrogen) atoms. The van der Waals surface area contributed by atoms with Gasteiger partial charge in [-0.15, -0.1) is 0 Å². The Hall–Kier alpha value is -3.59. The summed E-state index contributed by atoms with van der Waals surface area (Å²) >= 11 is 0. The fourth-order valence-electron chi connectivity index (χ4n) is 4.52. The van der Waals surface area contributed by atoms with Crippen LogP contribution in [0.2, 0.25) is 0 Å². The Kier molecular flexibility index (Phi) is 6.57. The predicted molar refractivity (Wildman–Crippen MR) is 131 cm³/mol. The van der Waals surface area contributed by atoms with Crippen LogP contribution in [0.1, 0.15) is 55.6 Å². The van der Waals surface area contributed by atoms with E-state index < -0.39 is 11.7 Å². The highest BCUT2D eigenvalue weighted by Gasteiger charge is 2.28. The van der Waals surface area contributed by atoms with Gasteiger partial charge >= 0.3 is 5.92 Å². The third-order valence-electron chi connectivity index (χ3n) is 6.52. The number of hydrogen-bond donors (Lipinski definition) is 1. The Morgan fingerprint density at radius 3 is 2.33 bits per heavy atom. The Bertz CT molecular complexity index is 1350. The zero-order valence-electron chi connectivity index (χ0n) is 20.0. The zero-order chi connectivity index (χ0) is 25.3. The first-order chi connectivity index (χ1) is 17.3. The van der Waals surface area contributed by atoms with Crippen LogP contribution in [-0.4, -0.2) is 33.1 Å². The van der Waals surface area contributed by atoms with Gasteiger partial charge < -0.3 is 10.1 Å². The van der Waals surface area contributed by atoms with Crippen molar-refractivity contribution < 1.29 is 17.9 Å². The van der Waals surface area contributed by atoms with Gasteiger partial charge in [-0.2, -0.15) is 8.78 Å². The van der Waals surface area contributed by atoms with E-state index in [0.29, 0.717) is 24.6 Å². The second-order valence-electron chi connectivity index (χ2n) is 9.17. The van der Waals surface area contributed by atoms with Gasteiger partial charge in [0.25, 0.3) is 0 Å². The van der Waals surface area contributed by atoms with Crippen LogP contribution in [0.3, 0.4) is 0 Å². The average molecular weight is 494 g/mol. The van der Waals surface area contributed by atoms with Crippen LogP contribution in [0.5, 0.6) is 0 Å². The van der Waals surface area contributed by atoms with Crippen molar-refractivity contribution in [1.82, 2.24) is 19.9 Å². The maximum atomic E-state index is 13.6. The molecule has 1 fully saturated rings. The molecule has 9 heteroatoms. The molecule has 1 atom stereocenters. The number of ether oxygens (including phenoxy) is 1. The minimum atomic E-state index is -3.10. The van der Waals surface area contributed by atoms with E-state index >= 15 is 0 Å². The van der Waals surface area contributed by atoms with Gasteiger partial charge in [-0.05, 0) is 66.6 Å². The van der Waals surface area contributed by atoms with Gasteiger partial charge in [0.15, 0.2) is 5.82 Å². The third-order valence-corrected chi connectivity index (χ3v) is 6.52. The molecule has 0 unspecified atom stereocenters. The number of nitrogens with zero attached hydrogens (tertiary/aromatic N) is 4. The van der Waals surface area contributed by atoms with E-state index in [1.807, 2.05) is 13.0 Å². The van der Waals surface area contributed by atoms with E-state index in [9.17, 15) is 13.2 Å². The maximum Gasteiger partial charge on any atom is 0.303 e. The van der Waals surface area contributed by atoms with Gasteiger partial charge in [0.05, 0.1) is 11.6 Å². The molecule has 5 rings (SSSR count). The molecule has 0 spiro atoms. The largest absolute Gasteiger partial charge is 0.381 e. The van der Waals surface area contributed by atoms with Crippen LogP contribution in [0.15, 0.2) is 55.1 Å². The molecule has 0 radical (unpaired) electrons. The Labute approximate surface area is 207 Å². The molecule has 1 aliphatic rings. The van der Waals surface area contributed by atoms with Crippen LogP contribution in [0.4, 0.5) is 19.0 Å². The van der Waals surface area contributed by atoms with E-state index in [1.54, 1.807) is 12.1 Å². The molecular formula is C27H26F3N5O. The Morgan fingerprint density at radius 1 is 0.972 bits per heavy atom. The Morgan fingerprint density at radius 2 is 1.67 bits per heavy atom. The number of rotatable bonds is 6. The highest BCUT2D eigenvalue weighted by atomic mass is 19.3. The zero-order valence-corrected chi connectivity index (χ0v) is 20.0. The highest BCUT2D eigenvalue weighted by Crippen LogP contribution is 2.38. The molecule has 2 aromatic heterocycles. The van der Waals surface area contributed by atoms with Crippen molar-refractivity contribution in [3.63, 3.8) is 0 Å². The maximum absolute atomic E-state index is 13.6. The lowest BCUT2D eigenvalue weighted by molar-refractivity contribution is 0.00760. The van der Waals surface area contributed by atoms with Crippen LogP contribution < -0.4 is 5.32 Å². The molecule has 4 aromatic rings. The number of fused-ring (bicyclic) bond motifs is 1. The van der Waals surface area contributed by atoms with Crippen LogP contribution >= 0.6 is 0 Å². The third kappa shape index (κ3) is 5.02. The smallest absolute Gasteiger partial charge is 0.303 e. The van der Waals surface area contributed by atoms with E-state index in [1.165, 1.54) is 30.9 Å². The van der Waals surface area contributed by atoms with Gasteiger partial charge in [-0.3, -0.25) is 0 Å². The van der Waals surface area contributed by atoms with Crippen molar-refractivity contribution in [2.45, 2.75) is 44.6 Å². The molecule has 0 amide bonds. The molecule has 0 saturated carbocycles. The monoisotopic (exact) mass is 493 g/mol. The van der Waals surface area contributed by atoms with Crippen molar-refractivity contribution >= 4 is 16.7 Å². The predicted octanol–water partition coefficient (Wildman–Crippen LogP) is 6.40. The number of alkyl halides is 2. The normalized spacial score (nSPS) is 15.7. The summed E-state index contributed by atoms with van der Waals surface area (Å²) in [5, 5.41) is 4.20. The second kappa shape index (κ2) is 9.81. The van der Waals surface area contributed by atoms with Gasteiger partial charge in [0, 0.05) is 43.5 Å². The minimum absolute atomic E-state index is 0.276. The lowest BCUT2D eigenvalue weighted by Crippen LogP contribution is -2.16. The van der Waals surface area contributed by atoms with Crippen LogP contribution in [-0.2, 0) is 10.7 Å². The van der Waals surface area contributed by atoms with E-state index in [2.05, 4.69) is 31.3 Å². The van der Waals surface area contributed by atoms with Crippen molar-refractivity contribution in [2.75, 3.05) is 18.5 Å². The van der Waals surface area contributed by atoms with E-state index in [4.69, 9.17) is 4.74 Å². The molecular weight excluding hydrogens is 467 g/mol. The molecule has 0 bridgehead atoms. The summed E-state index contributed by atoms with van der Waals surface area (Å²) in [6.07, 6.45) is 6.10. The van der Waals surface area contributed by atoms with Crippen molar-refractivity contribution in [3.8, 4) is 11.1 Å². The number of anilines is 1. The topological polar surface area (TPSA) is 72.8 Å². The number of benzene rings is 2. The van der Waals surface area contributed by atoms with Crippen molar-refractivity contribution in [1.29, 1.82) is 0 Å². The fraction of sp³-hybridized carbons (Fsp3) is 0.333. The minimum Gasteiger partial charge on any atom is -0.381 e. The van der Waals surface area contributed by atoms with Gasteiger partial charge in [-0.1, -0.05) is 12.1 Å².